The topological polar surface area (TPSA) is 73.5 Å². The first-order valence-electron chi connectivity index (χ1n) is 4.52. The van der Waals surface area contributed by atoms with Gasteiger partial charge in [-0.3, -0.25) is 0 Å². The Bertz CT molecular complexity index is 342. The van der Waals surface area contributed by atoms with Gasteiger partial charge in [0.25, 0.3) is 0 Å². The molecule has 0 aliphatic rings. The number of methoxy groups -OCH3 is 1. The van der Waals surface area contributed by atoms with E-state index in [1.807, 2.05) is 0 Å². The number of benzene rings is 1. The quantitative estimate of drug-likeness (QED) is 0.714. The molecule has 0 radical (unpaired) electrons. The van der Waals surface area contributed by atoms with Crippen molar-refractivity contribution in [2.75, 3.05) is 7.11 Å². The minimum Gasteiger partial charge on any atom is -0.385 e. The average molecular weight is 207 g/mol. The molecule has 1 aromatic rings. The van der Waals surface area contributed by atoms with Gasteiger partial charge >= 0.3 is 0 Å². The van der Waals surface area contributed by atoms with Crippen LogP contribution in [0.2, 0.25) is 0 Å². The lowest BCUT2D eigenvalue weighted by molar-refractivity contribution is 0.0527. The third-order valence-electron chi connectivity index (χ3n) is 2.06. The molecule has 0 aliphatic heterocycles. The van der Waals surface area contributed by atoms with E-state index in [1.165, 1.54) is 0 Å². The smallest absolute Gasteiger partial charge is 0.170 e. The van der Waals surface area contributed by atoms with Crippen molar-refractivity contribution in [1.82, 2.24) is 0 Å². The second kappa shape index (κ2) is 5.47. The van der Waals surface area contributed by atoms with Gasteiger partial charge < -0.3 is 14.9 Å². The second-order valence-electron chi connectivity index (χ2n) is 3.19. The Kier molecular flexibility index (Phi) is 4.25. The van der Waals surface area contributed by atoms with Gasteiger partial charge in [-0.05, 0) is 11.1 Å². The number of rotatable bonds is 4. The third kappa shape index (κ3) is 3.03. The first-order chi connectivity index (χ1) is 7.19. The van der Waals surface area contributed by atoms with Gasteiger partial charge in [0.2, 0.25) is 0 Å². The van der Waals surface area contributed by atoms with Gasteiger partial charge in [-0.1, -0.05) is 24.3 Å². The average Bonchev–Trinajstić information content (AvgIpc) is 2.28. The van der Waals surface area contributed by atoms with Crippen LogP contribution in [0.25, 0.3) is 0 Å². The molecule has 0 heterocycles. The normalized spacial score (nSPS) is 14.3. The van der Waals surface area contributed by atoms with Crippen LogP contribution in [0.4, 0.5) is 0 Å². The summed E-state index contributed by atoms with van der Waals surface area (Å²) in [6, 6.07) is 8.48. The van der Waals surface area contributed by atoms with Crippen LogP contribution in [0.5, 0.6) is 0 Å². The van der Waals surface area contributed by atoms with Crippen molar-refractivity contribution in [3.8, 4) is 6.07 Å². The number of nitriles is 1. The maximum Gasteiger partial charge on any atom is 0.170 e. The number of ether oxygens (including phenoxy) is 1. The minimum absolute atomic E-state index is 0.497. The lowest BCUT2D eigenvalue weighted by atomic mass is 10.0. The highest BCUT2D eigenvalue weighted by Crippen LogP contribution is 2.17. The van der Waals surface area contributed by atoms with Gasteiger partial charge in [0.05, 0.1) is 12.7 Å². The van der Waals surface area contributed by atoms with E-state index >= 15 is 0 Å². The van der Waals surface area contributed by atoms with Gasteiger partial charge in [0.15, 0.2) is 6.10 Å². The molecule has 2 N–H and O–H groups in total. The van der Waals surface area contributed by atoms with Crippen LogP contribution < -0.4 is 0 Å². The van der Waals surface area contributed by atoms with Crippen molar-refractivity contribution in [2.24, 2.45) is 0 Å². The molecule has 2 unspecified atom stereocenters. The summed E-state index contributed by atoms with van der Waals surface area (Å²) in [5.74, 6) is 0. The molecule has 0 saturated heterocycles. The Morgan fingerprint density at radius 1 is 1.33 bits per heavy atom. The highest BCUT2D eigenvalue weighted by atomic mass is 16.5. The molecule has 0 saturated carbocycles. The van der Waals surface area contributed by atoms with Crippen LogP contribution in [0.15, 0.2) is 24.3 Å². The molecule has 4 heteroatoms. The third-order valence-corrected chi connectivity index (χ3v) is 2.06. The van der Waals surface area contributed by atoms with Crippen molar-refractivity contribution in [3.05, 3.63) is 35.4 Å². The van der Waals surface area contributed by atoms with Crippen LogP contribution in [0, 0.1) is 11.3 Å². The lowest BCUT2D eigenvalue weighted by Gasteiger charge is -2.12. The van der Waals surface area contributed by atoms with E-state index < -0.39 is 12.2 Å². The summed E-state index contributed by atoms with van der Waals surface area (Å²) in [6.45, 7) is 0.497. The molecule has 0 bridgehead atoms. The molecule has 0 spiro atoms. The van der Waals surface area contributed by atoms with Gasteiger partial charge in [0, 0.05) is 7.11 Å². The number of aliphatic hydroxyl groups excluding tert-OH is 2. The zero-order valence-electron chi connectivity index (χ0n) is 8.42. The molecule has 0 aromatic heterocycles. The number of hydrogen-bond acceptors (Lipinski definition) is 4. The summed E-state index contributed by atoms with van der Waals surface area (Å²) in [5, 5.41) is 27.0. The summed E-state index contributed by atoms with van der Waals surface area (Å²) in [4.78, 5) is 0. The fraction of sp³-hybridized carbons (Fsp3) is 0.364. The van der Waals surface area contributed by atoms with E-state index in [0.717, 1.165) is 5.56 Å². The summed E-state index contributed by atoms with van der Waals surface area (Å²) < 4.78 is 4.93. The monoisotopic (exact) mass is 207 g/mol. The van der Waals surface area contributed by atoms with Gasteiger partial charge in [-0.15, -0.1) is 0 Å². The highest BCUT2D eigenvalue weighted by molar-refractivity contribution is 5.25. The van der Waals surface area contributed by atoms with E-state index in [0.29, 0.717) is 12.2 Å². The lowest BCUT2D eigenvalue weighted by Crippen LogP contribution is -2.15. The second-order valence-corrected chi connectivity index (χ2v) is 3.19. The molecule has 0 fully saturated rings. The zero-order valence-corrected chi connectivity index (χ0v) is 8.42. The van der Waals surface area contributed by atoms with Crippen LogP contribution in [-0.2, 0) is 11.3 Å². The Hall–Kier alpha value is -1.41. The molecule has 15 heavy (non-hydrogen) atoms. The van der Waals surface area contributed by atoms with Crippen LogP contribution in [0.3, 0.4) is 0 Å². The van der Waals surface area contributed by atoms with Crippen molar-refractivity contribution < 1.29 is 14.9 Å². The number of aliphatic hydroxyl groups is 2. The first-order valence-corrected chi connectivity index (χ1v) is 4.52. The summed E-state index contributed by atoms with van der Waals surface area (Å²) in [7, 11) is 1.60. The Labute approximate surface area is 88.4 Å². The minimum atomic E-state index is -1.39. The summed E-state index contributed by atoms with van der Waals surface area (Å²) in [5.41, 5.74) is 1.49. The van der Waals surface area contributed by atoms with E-state index in [4.69, 9.17) is 15.1 Å². The van der Waals surface area contributed by atoms with E-state index in [2.05, 4.69) is 0 Å². The molecule has 2 atom stereocenters. The fourth-order valence-electron chi connectivity index (χ4n) is 1.23. The standard InChI is InChI=1S/C11H13NO3/c1-15-7-8-2-4-9(5-3-8)11(14)10(13)6-12/h2-5,10-11,13-14H,7H2,1H3. The van der Waals surface area contributed by atoms with Crippen LogP contribution in [0.1, 0.15) is 17.2 Å². The fourth-order valence-corrected chi connectivity index (χ4v) is 1.23. The Morgan fingerprint density at radius 2 is 1.93 bits per heavy atom. The van der Waals surface area contributed by atoms with Crippen molar-refractivity contribution in [3.63, 3.8) is 0 Å². The predicted molar refractivity (Wildman–Crippen MR) is 53.7 cm³/mol. The van der Waals surface area contributed by atoms with Gasteiger partial charge in [-0.25, -0.2) is 0 Å². The zero-order chi connectivity index (χ0) is 11.3. The van der Waals surface area contributed by atoms with Crippen molar-refractivity contribution in [2.45, 2.75) is 18.8 Å². The first kappa shape index (κ1) is 11.7. The maximum atomic E-state index is 9.51. The molecular weight excluding hydrogens is 194 g/mol. The largest absolute Gasteiger partial charge is 0.385 e. The Balaban J connectivity index is 2.76. The molecule has 80 valence electrons. The van der Waals surface area contributed by atoms with E-state index in [9.17, 15) is 5.11 Å². The highest BCUT2D eigenvalue weighted by Gasteiger charge is 2.16. The molecule has 1 aromatic carbocycles. The SMILES string of the molecule is COCc1ccc(C(O)C(O)C#N)cc1. The van der Waals surface area contributed by atoms with Crippen LogP contribution in [-0.4, -0.2) is 23.4 Å². The summed E-state index contributed by atoms with van der Waals surface area (Å²) >= 11 is 0. The van der Waals surface area contributed by atoms with E-state index in [-0.39, 0.29) is 0 Å². The number of nitrogens with zero attached hydrogens (tertiary/aromatic N) is 1. The Morgan fingerprint density at radius 3 is 2.40 bits per heavy atom. The molecular formula is C11H13NO3. The molecule has 0 aliphatic carbocycles. The maximum absolute atomic E-state index is 9.51. The summed E-state index contributed by atoms with van der Waals surface area (Å²) in [6.07, 6.45) is -2.55. The molecule has 4 nitrogen and oxygen atoms in total. The van der Waals surface area contributed by atoms with Gasteiger partial charge in [0.1, 0.15) is 6.10 Å². The predicted octanol–water partition coefficient (Wildman–Crippen LogP) is 0.751. The van der Waals surface area contributed by atoms with Crippen LogP contribution >= 0.6 is 0 Å². The number of hydrogen-bond donors (Lipinski definition) is 2. The van der Waals surface area contributed by atoms with Gasteiger partial charge in [-0.2, -0.15) is 5.26 Å². The van der Waals surface area contributed by atoms with Crippen molar-refractivity contribution in [1.29, 1.82) is 5.26 Å². The molecule has 0 amide bonds. The molecule has 1 rings (SSSR count). The van der Waals surface area contributed by atoms with E-state index in [1.54, 1.807) is 37.4 Å². The van der Waals surface area contributed by atoms with Crippen molar-refractivity contribution >= 4 is 0 Å².